The van der Waals surface area contributed by atoms with Crippen molar-refractivity contribution in [1.82, 2.24) is 30.0 Å². The van der Waals surface area contributed by atoms with E-state index < -0.39 is 0 Å². The molecule has 5 rings (SSSR count). The molecule has 0 aliphatic heterocycles. The summed E-state index contributed by atoms with van der Waals surface area (Å²) in [5.74, 6) is 0.220. The number of aromatic nitrogens is 5. The van der Waals surface area contributed by atoms with E-state index in [4.69, 9.17) is 28.2 Å². The number of H-pyrrole nitrogens is 1. The molecule has 0 saturated carbocycles. The maximum atomic E-state index is 13.2. The SMILES string of the molecule is Cc1cc2nc(C(CNC(=O)c3c(Cl)cc(-n4cnnc4)cc3Cl)c3ccccc3)[nH]c2cc1C. The summed E-state index contributed by atoms with van der Waals surface area (Å²) in [6.07, 6.45) is 3.06. The molecule has 35 heavy (non-hydrogen) atoms. The third kappa shape index (κ3) is 4.65. The lowest BCUT2D eigenvalue weighted by atomic mass is 9.98. The van der Waals surface area contributed by atoms with Crippen molar-refractivity contribution in [3.05, 3.63) is 105 Å². The number of fused-ring (bicyclic) bond motifs is 1. The molecule has 2 N–H and O–H groups in total. The number of hydrogen-bond donors (Lipinski definition) is 2. The number of rotatable bonds is 6. The molecule has 1 amide bonds. The van der Waals surface area contributed by atoms with E-state index in [1.54, 1.807) is 16.7 Å². The summed E-state index contributed by atoms with van der Waals surface area (Å²) < 4.78 is 1.66. The Morgan fingerprint density at radius 3 is 2.34 bits per heavy atom. The predicted molar refractivity (Wildman–Crippen MR) is 138 cm³/mol. The summed E-state index contributed by atoms with van der Waals surface area (Å²) in [6.45, 7) is 4.45. The number of carbonyl (C=O) groups excluding carboxylic acids is 1. The number of halogens is 2. The fourth-order valence-electron chi connectivity index (χ4n) is 4.05. The minimum Gasteiger partial charge on any atom is -0.351 e. The van der Waals surface area contributed by atoms with Gasteiger partial charge in [0.2, 0.25) is 0 Å². The highest BCUT2D eigenvalue weighted by Crippen LogP contribution is 2.29. The van der Waals surface area contributed by atoms with Gasteiger partial charge in [0.1, 0.15) is 18.5 Å². The minimum atomic E-state index is -0.362. The first-order valence-electron chi connectivity index (χ1n) is 11.0. The van der Waals surface area contributed by atoms with Crippen LogP contribution in [0.1, 0.15) is 38.8 Å². The van der Waals surface area contributed by atoms with Gasteiger partial charge >= 0.3 is 0 Å². The van der Waals surface area contributed by atoms with E-state index in [0.717, 1.165) is 22.4 Å². The van der Waals surface area contributed by atoms with Gasteiger partial charge in [0.15, 0.2) is 0 Å². The Labute approximate surface area is 212 Å². The second kappa shape index (κ2) is 9.52. The van der Waals surface area contributed by atoms with E-state index in [-0.39, 0.29) is 27.4 Å². The molecule has 0 aliphatic carbocycles. The van der Waals surface area contributed by atoms with Crippen LogP contribution in [0.3, 0.4) is 0 Å². The highest BCUT2D eigenvalue weighted by atomic mass is 35.5. The van der Waals surface area contributed by atoms with Gasteiger partial charge in [0.05, 0.1) is 38.2 Å². The average Bonchev–Trinajstić information content (AvgIpc) is 3.50. The van der Waals surface area contributed by atoms with Crippen LogP contribution in [0.25, 0.3) is 16.7 Å². The van der Waals surface area contributed by atoms with Crippen molar-refractivity contribution in [2.24, 2.45) is 0 Å². The molecule has 0 spiro atoms. The molecule has 9 heteroatoms. The highest BCUT2D eigenvalue weighted by Gasteiger charge is 2.22. The van der Waals surface area contributed by atoms with Gasteiger partial charge in [-0.3, -0.25) is 9.36 Å². The topological polar surface area (TPSA) is 88.5 Å². The molecule has 1 unspecified atom stereocenters. The molecule has 0 fully saturated rings. The zero-order valence-electron chi connectivity index (χ0n) is 19.1. The Kier molecular flexibility index (Phi) is 6.28. The van der Waals surface area contributed by atoms with Crippen molar-refractivity contribution in [3.8, 4) is 5.69 Å². The first kappa shape index (κ1) is 23.1. The maximum absolute atomic E-state index is 13.2. The monoisotopic (exact) mass is 504 g/mol. The summed E-state index contributed by atoms with van der Waals surface area (Å²) >= 11 is 12.9. The number of nitrogens with one attached hydrogen (secondary N) is 2. The van der Waals surface area contributed by atoms with E-state index in [9.17, 15) is 4.79 Å². The zero-order valence-corrected chi connectivity index (χ0v) is 20.6. The van der Waals surface area contributed by atoms with E-state index in [2.05, 4.69) is 46.5 Å². The lowest BCUT2D eigenvalue weighted by Crippen LogP contribution is -2.30. The second-order valence-corrected chi connectivity index (χ2v) is 9.22. The third-order valence-electron chi connectivity index (χ3n) is 6.09. The lowest BCUT2D eigenvalue weighted by molar-refractivity contribution is 0.0952. The number of benzene rings is 3. The van der Waals surface area contributed by atoms with Gasteiger partial charge in [-0.25, -0.2) is 4.98 Å². The van der Waals surface area contributed by atoms with Gasteiger partial charge in [0, 0.05) is 6.54 Å². The largest absolute Gasteiger partial charge is 0.351 e. The van der Waals surface area contributed by atoms with Crippen LogP contribution in [0.5, 0.6) is 0 Å². The van der Waals surface area contributed by atoms with Crippen molar-refractivity contribution >= 4 is 40.1 Å². The predicted octanol–water partition coefficient (Wildman–Crippen LogP) is 5.63. The van der Waals surface area contributed by atoms with Gasteiger partial charge in [-0.2, -0.15) is 0 Å². The quantitative estimate of drug-likeness (QED) is 0.313. The first-order valence-corrected chi connectivity index (χ1v) is 11.8. The van der Waals surface area contributed by atoms with Crippen molar-refractivity contribution < 1.29 is 4.79 Å². The van der Waals surface area contributed by atoms with Gasteiger partial charge in [-0.1, -0.05) is 53.5 Å². The molecule has 0 aliphatic rings. The second-order valence-electron chi connectivity index (χ2n) is 8.40. The van der Waals surface area contributed by atoms with Gasteiger partial charge in [0.25, 0.3) is 5.91 Å². The average molecular weight is 505 g/mol. The van der Waals surface area contributed by atoms with Crippen LogP contribution in [-0.4, -0.2) is 37.2 Å². The third-order valence-corrected chi connectivity index (χ3v) is 6.68. The number of imidazole rings is 1. The van der Waals surface area contributed by atoms with E-state index in [1.165, 1.54) is 23.8 Å². The summed E-state index contributed by atoms with van der Waals surface area (Å²) in [7, 11) is 0. The maximum Gasteiger partial charge on any atom is 0.254 e. The summed E-state index contributed by atoms with van der Waals surface area (Å²) in [5, 5.41) is 11.1. The highest BCUT2D eigenvalue weighted by molar-refractivity contribution is 6.40. The smallest absolute Gasteiger partial charge is 0.254 e. The van der Waals surface area contributed by atoms with Crippen LogP contribution in [0, 0.1) is 13.8 Å². The van der Waals surface area contributed by atoms with Crippen LogP contribution in [-0.2, 0) is 0 Å². The van der Waals surface area contributed by atoms with Gasteiger partial charge < -0.3 is 10.3 Å². The summed E-state index contributed by atoms with van der Waals surface area (Å²) in [6, 6.07) is 17.4. The number of nitrogens with zero attached hydrogens (tertiary/aromatic N) is 4. The number of aromatic amines is 1. The van der Waals surface area contributed by atoms with Crippen LogP contribution in [0.2, 0.25) is 10.0 Å². The van der Waals surface area contributed by atoms with Crippen molar-refractivity contribution in [2.45, 2.75) is 19.8 Å². The zero-order chi connectivity index (χ0) is 24.5. The molecule has 3 aromatic carbocycles. The molecular weight excluding hydrogens is 483 g/mol. The van der Waals surface area contributed by atoms with Crippen molar-refractivity contribution in [3.63, 3.8) is 0 Å². The molecule has 1 atom stereocenters. The summed E-state index contributed by atoms with van der Waals surface area (Å²) in [4.78, 5) is 21.5. The Bertz CT molecular complexity index is 1450. The van der Waals surface area contributed by atoms with E-state index >= 15 is 0 Å². The fourth-order valence-corrected chi connectivity index (χ4v) is 4.70. The molecular formula is C26H22Cl2N6O. The molecule has 0 saturated heterocycles. The van der Waals surface area contributed by atoms with Crippen LogP contribution < -0.4 is 5.32 Å². The number of amides is 1. The first-order chi connectivity index (χ1) is 16.9. The normalized spacial score (nSPS) is 12.1. The minimum absolute atomic E-state index is 0.193. The molecule has 2 heterocycles. The Morgan fingerprint density at radius 1 is 1.00 bits per heavy atom. The van der Waals surface area contributed by atoms with Crippen LogP contribution in [0.4, 0.5) is 0 Å². The molecule has 0 bridgehead atoms. The van der Waals surface area contributed by atoms with Crippen LogP contribution >= 0.6 is 23.2 Å². The number of carbonyl (C=O) groups is 1. The molecule has 176 valence electrons. The van der Waals surface area contributed by atoms with Crippen molar-refractivity contribution in [1.29, 1.82) is 0 Å². The van der Waals surface area contributed by atoms with E-state index in [1.807, 2.05) is 30.3 Å². The lowest BCUT2D eigenvalue weighted by Gasteiger charge is -2.17. The Morgan fingerprint density at radius 2 is 1.66 bits per heavy atom. The Balaban J connectivity index is 1.44. The molecule has 5 aromatic rings. The molecule has 7 nitrogen and oxygen atoms in total. The fraction of sp³-hybridized carbons (Fsp3) is 0.154. The van der Waals surface area contributed by atoms with Crippen LogP contribution in [0.15, 0.2) is 67.3 Å². The van der Waals surface area contributed by atoms with Gasteiger partial charge in [-0.05, 0) is 54.8 Å². The standard InChI is InChI=1S/C26H22Cl2N6O/c1-15-8-22-23(9-16(15)2)33-25(32-22)19(17-6-4-3-5-7-17)12-29-26(35)24-20(27)10-18(11-21(24)28)34-13-30-31-14-34/h3-11,13-14,19H,12H2,1-2H3,(H,29,35)(H,32,33). The number of hydrogen-bond acceptors (Lipinski definition) is 4. The van der Waals surface area contributed by atoms with Gasteiger partial charge in [-0.15, -0.1) is 10.2 Å². The Hall–Kier alpha value is -3.68. The molecule has 2 aromatic heterocycles. The van der Waals surface area contributed by atoms with E-state index in [0.29, 0.717) is 12.2 Å². The molecule has 0 radical (unpaired) electrons. The number of aryl methyl sites for hydroxylation is 2. The summed E-state index contributed by atoms with van der Waals surface area (Å²) in [5.41, 5.74) is 6.14. The van der Waals surface area contributed by atoms with Crippen molar-refractivity contribution in [2.75, 3.05) is 6.54 Å².